The normalized spacial score (nSPS) is 10.6. The van der Waals surface area contributed by atoms with Gasteiger partial charge in [-0.15, -0.1) is 0 Å². The third-order valence-corrected chi connectivity index (χ3v) is 4.56. The Morgan fingerprint density at radius 1 is 0.926 bits per heavy atom. The highest BCUT2D eigenvalue weighted by atomic mass is 79.9. The van der Waals surface area contributed by atoms with Crippen molar-refractivity contribution in [3.05, 3.63) is 93.7 Å². The van der Waals surface area contributed by atoms with E-state index in [4.69, 9.17) is 9.47 Å². The Morgan fingerprint density at radius 3 is 2.37 bits per heavy atom. The molecule has 0 bridgehead atoms. The first-order chi connectivity index (χ1) is 13.2. The van der Waals surface area contributed by atoms with Crippen LogP contribution in [0.25, 0.3) is 0 Å². The molecule has 0 radical (unpaired) electrons. The van der Waals surface area contributed by atoms with Crippen LogP contribution in [0.1, 0.15) is 16.7 Å². The summed E-state index contributed by atoms with van der Waals surface area (Å²) in [4.78, 5) is 0. The van der Waals surface area contributed by atoms with Crippen molar-refractivity contribution in [3.63, 3.8) is 0 Å². The molecule has 3 rings (SSSR count). The van der Waals surface area contributed by atoms with Gasteiger partial charge in [-0.3, -0.25) is 0 Å². The molecule has 5 heteroatoms. The van der Waals surface area contributed by atoms with E-state index in [9.17, 15) is 4.39 Å². The molecule has 0 aliphatic carbocycles. The fraction of sp³-hybridized carbons (Fsp3) is 0.182. The van der Waals surface area contributed by atoms with Crippen molar-refractivity contribution in [2.75, 3.05) is 7.11 Å². The number of ether oxygens (including phenoxy) is 2. The van der Waals surface area contributed by atoms with Crippen molar-refractivity contribution in [1.29, 1.82) is 0 Å². The number of methoxy groups -OCH3 is 1. The highest BCUT2D eigenvalue weighted by molar-refractivity contribution is 9.10. The Hall–Kier alpha value is -2.37. The number of halogens is 2. The molecule has 3 aromatic rings. The molecule has 27 heavy (non-hydrogen) atoms. The zero-order chi connectivity index (χ0) is 19.1. The Balaban J connectivity index is 1.72. The SMILES string of the molecule is COc1cc(Br)cc(CNCc2ccc(F)cc2)c1OCc1ccccc1. The smallest absolute Gasteiger partial charge is 0.166 e. The standard InChI is InChI=1S/C22H21BrFNO2/c1-26-21-12-19(23)11-18(14-25-13-16-7-9-20(24)10-8-16)22(21)27-15-17-5-3-2-4-6-17/h2-12,25H,13-15H2,1H3. The summed E-state index contributed by atoms with van der Waals surface area (Å²) in [6.07, 6.45) is 0. The topological polar surface area (TPSA) is 30.5 Å². The zero-order valence-electron chi connectivity index (χ0n) is 15.0. The van der Waals surface area contributed by atoms with Gasteiger partial charge in [0.25, 0.3) is 0 Å². The first kappa shape index (κ1) is 19.4. The summed E-state index contributed by atoms with van der Waals surface area (Å²) in [5.74, 6) is 1.17. The number of hydrogen-bond donors (Lipinski definition) is 1. The minimum atomic E-state index is -0.230. The predicted octanol–water partition coefficient (Wildman–Crippen LogP) is 5.47. The molecule has 0 heterocycles. The van der Waals surface area contributed by atoms with Crippen molar-refractivity contribution in [3.8, 4) is 11.5 Å². The molecule has 1 N–H and O–H groups in total. The van der Waals surface area contributed by atoms with Crippen LogP contribution in [0.4, 0.5) is 4.39 Å². The van der Waals surface area contributed by atoms with Gasteiger partial charge >= 0.3 is 0 Å². The van der Waals surface area contributed by atoms with E-state index in [2.05, 4.69) is 21.2 Å². The molecule has 0 aliphatic rings. The van der Waals surface area contributed by atoms with Crippen molar-refractivity contribution in [2.24, 2.45) is 0 Å². The Morgan fingerprint density at radius 2 is 1.67 bits per heavy atom. The van der Waals surface area contributed by atoms with Gasteiger partial charge in [-0.25, -0.2) is 4.39 Å². The summed E-state index contributed by atoms with van der Waals surface area (Å²) < 4.78 is 25.5. The second kappa shape index (κ2) is 9.53. The van der Waals surface area contributed by atoms with Crippen molar-refractivity contribution in [1.82, 2.24) is 5.32 Å². The molecule has 0 aromatic heterocycles. The fourth-order valence-corrected chi connectivity index (χ4v) is 3.23. The maximum Gasteiger partial charge on any atom is 0.166 e. The van der Waals surface area contributed by atoms with Gasteiger partial charge in [0, 0.05) is 23.1 Å². The molecule has 3 nitrogen and oxygen atoms in total. The van der Waals surface area contributed by atoms with Crippen LogP contribution < -0.4 is 14.8 Å². The van der Waals surface area contributed by atoms with Crippen LogP contribution >= 0.6 is 15.9 Å². The molecule has 0 aliphatic heterocycles. The molecular formula is C22H21BrFNO2. The molecule has 0 amide bonds. The highest BCUT2D eigenvalue weighted by Crippen LogP contribution is 2.35. The summed E-state index contributed by atoms with van der Waals surface area (Å²) in [6.45, 7) is 1.69. The minimum absolute atomic E-state index is 0.230. The Labute approximate surface area is 167 Å². The summed E-state index contributed by atoms with van der Waals surface area (Å²) >= 11 is 3.52. The molecule has 0 saturated heterocycles. The van der Waals surface area contributed by atoms with Crippen LogP contribution in [0.3, 0.4) is 0 Å². The lowest BCUT2D eigenvalue weighted by Crippen LogP contribution is -2.14. The monoisotopic (exact) mass is 429 g/mol. The maximum atomic E-state index is 13.0. The van der Waals surface area contributed by atoms with Gasteiger partial charge in [0.2, 0.25) is 0 Å². The summed E-state index contributed by atoms with van der Waals surface area (Å²) in [5.41, 5.74) is 3.09. The van der Waals surface area contributed by atoms with E-state index in [0.29, 0.717) is 25.4 Å². The molecule has 0 spiro atoms. The molecule has 0 fully saturated rings. The lowest BCUT2D eigenvalue weighted by molar-refractivity contribution is 0.280. The second-order valence-electron chi connectivity index (χ2n) is 6.10. The van der Waals surface area contributed by atoms with Gasteiger partial charge in [0.05, 0.1) is 7.11 Å². The van der Waals surface area contributed by atoms with Crippen LogP contribution in [0.15, 0.2) is 71.2 Å². The van der Waals surface area contributed by atoms with Gasteiger partial charge < -0.3 is 14.8 Å². The lowest BCUT2D eigenvalue weighted by Gasteiger charge is -2.16. The van der Waals surface area contributed by atoms with E-state index in [-0.39, 0.29) is 5.82 Å². The first-order valence-electron chi connectivity index (χ1n) is 8.64. The molecular weight excluding hydrogens is 409 g/mol. The van der Waals surface area contributed by atoms with E-state index in [1.165, 1.54) is 12.1 Å². The zero-order valence-corrected chi connectivity index (χ0v) is 16.6. The average molecular weight is 430 g/mol. The summed E-state index contributed by atoms with van der Waals surface area (Å²) in [6, 6.07) is 20.4. The molecule has 0 unspecified atom stereocenters. The largest absolute Gasteiger partial charge is 0.493 e. The van der Waals surface area contributed by atoms with E-state index < -0.39 is 0 Å². The van der Waals surface area contributed by atoms with E-state index in [1.54, 1.807) is 19.2 Å². The van der Waals surface area contributed by atoms with E-state index in [1.807, 2.05) is 42.5 Å². The number of benzene rings is 3. The van der Waals surface area contributed by atoms with Gasteiger partial charge in [0.1, 0.15) is 12.4 Å². The third kappa shape index (κ3) is 5.55. The predicted molar refractivity (Wildman–Crippen MR) is 108 cm³/mol. The van der Waals surface area contributed by atoms with Crippen molar-refractivity contribution < 1.29 is 13.9 Å². The second-order valence-corrected chi connectivity index (χ2v) is 7.02. The quantitative estimate of drug-likeness (QED) is 0.515. The number of rotatable bonds is 8. The number of hydrogen-bond acceptors (Lipinski definition) is 3. The molecule has 140 valence electrons. The maximum absolute atomic E-state index is 13.0. The van der Waals surface area contributed by atoms with Crippen molar-refractivity contribution >= 4 is 15.9 Å². The minimum Gasteiger partial charge on any atom is -0.493 e. The fourth-order valence-electron chi connectivity index (χ4n) is 2.74. The average Bonchev–Trinajstić information content (AvgIpc) is 2.69. The van der Waals surface area contributed by atoms with Crippen LogP contribution in [-0.4, -0.2) is 7.11 Å². The van der Waals surface area contributed by atoms with Gasteiger partial charge in [-0.1, -0.05) is 58.4 Å². The molecule has 0 atom stereocenters. The Kier molecular flexibility index (Phi) is 6.85. The molecule has 0 saturated carbocycles. The first-order valence-corrected chi connectivity index (χ1v) is 9.43. The van der Waals surface area contributed by atoms with Crippen LogP contribution in [0.2, 0.25) is 0 Å². The van der Waals surface area contributed by atoms with Crippen molar-refractivity contribution in [2.45, 2.75) is 19.7 Å². The number of nitrogens with one attached hydrogen (secondary N) is 1. The summed E-state index contributed by atoms with van der Waals surface area (Å²) in [7, 11) is 1.63. The Bertz CT molecular complexity index is 869. The van der Waals surface area contributed by atoms with Gasteiger partial charge in [-0.2, -0.15) is 0 Å². The van der Waals surface area contributed by atoms with Crippen LogP contribution in [-0.2, 0) is 19.7 Å². The third-order valence-electron chi connectivity index (χ3n) is 4.10. The van der Waals surface area contributed by atoms with Gasteiger partial charge in [-0.05, 0) is 35.4 Å². The van der Waals surface area contributed by atoms with E-state index >= 15 is 0 Å². The van der Waals surface area contributed by atoms with Crippen LogP contribution in [0, 0.1) is 5.82 Å². The summed E-state index contributed by atoms with van der Waals surface area (Å²) in [5, 5.41) is 3.38. The lowest BCUT2D eigenvalue weighted by atomic mass is 10.1. The van der Waals surface area contributed by atoms with Crippen LogP contribution in [0.5, 0.6) is 11.5 Å². The van der Waals surface area contributed by atoms with E-state index in [0.717, 1.165) is 26.9 Å². The van der Waals surface area contributed by atoms with Gasteiger partial charge in [0.15, 0.2) is 11.5 Å². The highest BCUT2D eigenvalue weighted by Gasteiger charge is 2.13. The molecule has 3 aromatic carbocycles.